The van der Waals surface area contributed by atoms with Gasteiger partial charge in [-0.1, -0.05) is 38.0 Å². The fraction of sp³-hybridized carbons (Fsp3) is 0.500. The predicted octanol–water partition coefficient (Wildman–Crippen LogP) is 5.46. The molecule has 15 nitrogen and oxygen atoms in total. The highest BCUT2D eigenvalue weighted by Gasteiger charge is 2.58. The van der Waals surface area contributed by atoms with Crippen molar-refractivity contribution in [3.8, 4) is 23.1 Å². The summed E-state index contributed by atoms with van der Waals surface area (Å²) in [6, 6.07) is 10.5. The number of hydrogen-bond acceptors (Lipinski definition) is 8. The highest BCUT2D eigenvalue weighted by atomic mass is 16.5. The molecule has 4 amide bonds. The van der Waals surface area contributed by atoms with E-state index in [1.165, 1.54) is 14.2 Å². The van der Waals surface area contributed by atoms with E-state index in [0.29, 0.717) is 42.4 Å². The minimum absolute atomic E-state index is 0.1000. The quantitative estimate of drug-likeness (QED) is 0.160. The zero-order valence-corrected chi connectivity index (χ0v) is 33.7. The summed E-state index contributed by atoms with van der Waals surface area (Å²) < 4.78 is 10.5. The van der Waals surface area contributed by atoms with E-state index in [2.05, 4.69) is 33.2 Å². The van der Waals surface area contributed by atoms with Crippen molar-refractivity contribution < 1.29 is 33.8 Å². The first kappa shape index (κ1) is 38.6. The molecule has 59 heavy (non-hydrogen) atoms. The third-order valence-electron chi connectivity index (χ3n) is 13.0. The fourth-order valence-electron chi connectivity index (χ4n) is 9.71. The van der Waals surface area contributed by atoms with Crippen molar-refractivity contribution in [2.75, 3.05) is 27.4 Å². The minimum Gasteiger partial charge on any atom is -0.465 e. The number of amides is 4. The minimum atomic E-state index is -1.12. The standard InChI is InChI=1S/C44H50N8O7/c1-23(2)37(49-43(55)58-4)41(53)51-33-16-29(33)18-35(51)39-45-20-31(47-39)12-8-24-7-9-26-15-27(11-10-25(26)14-24)32-21-46-40(48-32)36-19-30-17-34(30)52(36)42(54)38(50(3)44(56)57)28-6-5-13-59-22-28/h7,9-11,14-15,20-21,23,28-30,33-38H,5-6,13,16-19,22H2,1-4H3,(H,45,47)(H,46,48)(H,49,55)(H,56,57)/t28-,29-,30-,33-,34-,35+,36+,37+,38+/m1/s1. The van der Waals surface area contributed by atoms with Crippen LogP contribution in [0.1, 0.15) is 87.4 Å². The first-order valence-corrected chi connectivity index (χ1v) is 20.7. The Balaban J connectivity index is 0.886. The molecule has 2 saturated carbocycles. The number of likely N-dealkylation sites (N-methyl/N-ethyl adjacent to an activating group) is 1. The number of carboxylic acid groups (broad SMARTS) is 1. The van der Waals surface area contributed by atoms with Crippen molar-refractivity contribution in [3.05, 3.63) is 71.7 Å². The number of fused-ring (bicyclic) bond motifs is 3. The molecule has 0 spiro atoms. The topological polar surface area (TPSA) is 186 Å². The van der Waals surface area contributed by atoms with Crippen molar-refractivity contribution in [3.63, 3.8) is 0 Å². The van der Waals surface area contributed by atoms with Gasteiger partial charge in [-0.3, -0.25) is 14.5 Å². The first-order chi connectivity index (χ1) is 28.5. The number of alkyl carbamates (subject to hydrolysis) is 1. The molecule has 5 heterocycles. The van der Waals surface area contributed by atoms with E-state index in [1.54, 1.807) is 6.20 Å². The van der Waals surface area contributed by atoms with E-state index in [4.69, 9.17) is 19.4 Å². The number of carbonyl (C=O) groups is 4. The number of nitrogens with zero attached hydrogens (tertiary/aromatic N) is 5. The number of imidazole rings is 2. The summed E-state index contributed by atoms with van der Waals surface area (Å²) in [5.74, 6) is 8.06. The Bertz CT molecular complexity index is 2360. The van der Waals surface area contributed by atoms with Gasteiger partial charge >= 0.3 is 12.2 Å². The van der Waals surface area contributed by atoms with Gasteiger partial charge in [0.15, 0.2) is 0 Å². The number of hydrogen-bond donors (Lipinski definition) is 4. The molecule has 0 unspecified atom stereocenters. The van der Waals surface area contributed by atoms with Crippen molar-refractivity contribution in [1.29, 1.82) is 0 Å². The van der Waals surface area contributed by atoms with E-state index in [0.717, 1.165) is 71.0 Å². The Kier molecular flexibility index (Phi) is 10.1. The molecule has 3 saturated heterocycles. The van der Waals surface area contributed by atoms with Gasteiger partial charge in [-0.2, -0.15) is 0 Å². The second kappa shape index (κ2) is 15.4. The number of rotatable bonds is 9. The maximum Gasteiger partial charge on any atom is 0.407 e. The molecule has 4 aromatic rings. The molecular formula is C44H50N8O7. The van der Waals surface area contributed by atoms with Crippen LogP contribution in [0.15, 0.2) is 48.8 Å². The third-order valence-corrected chi connectivity index (χ3v) is 13.0. The average Bonchev–Trinajstić information content (AvgIpc) is 3.83. The van der Waals surface area contributed by atoms with Crippen LogP contribution in [0, 0.1) is 35.5 Å². The number of H-pyrrole nitrogens is 2. The molecule has 0 bridgehead atoms. The lowest BCUT2D eigenvalue weighted by molar-refractivity contribution is -0.142. The maximum atomic E-state index is 14.2. The number of aromatic amines is 2. The summed E-state index contributed by atoms with van der Waals surface area (Å²) in [5, 5.41) is 14.7. The van der Waals surface area contributed by atoms with E-state index < -0.39 is 24.3 Å². The van der Waals surface area contributed by atoms with Crippen LogP contribution in [0.2, 0.25) is 0 Å². The molecule has 9 atom stereocenters. The maximum absolute atomic E-state index is 14.2. The smallest absolute Gasteiger partial charge is 0.407 e. The number of nitrogens with one attached hydrogen (secondary N) is 3. The van der Waals surface area contributed by atoms with E-state index in [1.807, 2.05) is 60.2 Å². The van der Waals surface area contributed by atoms with E-state index in [9.17, 15) is 24.3 Å². The summed E-state index contributed by atoms with van der Waals surface area (Å²) in [5.41, 5.74) is 3.12. The lowest BCUT2D eigenvalue weighted by Gasteiger charge is -2.38. The highest BCUT2D eigenvalue weighted by molar-refractivity contribution is 5.89. The SMILES string of the molecule is COC(=O)N[C@H](C(=O)N1[C@@H]2C[C@@H]2C[C@H]1c1nc(C#Cc2ccc3cc(-c4c[nH]c([C@@H]5C[C@H]6C[C@H]6N5C(=O)[C@H]([C@@H]5CCCOC5)N(C)C(=O)O)n4)ccc3c2)c[nH]1)C(C)C. The van der Waals surface area contributed by atoms with Crippen LogP contribution in [0.3, 0.4) is 0 Å². The fourth-order valence-corrected chi connectivity index (χ4v) is 9.71. The third kappa shape index (κ3) is 7.39. The number of benzene rings is 2. The van der Waals surface area contributed by atoms with Crippen LogP contribution >= 0.6 is 0 Å². The number of carbonyl (C=O) groups excluding carboxylic acids is 3. The van der Waals surface area contributed by atoms with Gasteiger partial charge in [0, 0.05) is 55.2 Å². The van der Waals surface area contributed by atoms with Crippen molar-refractivity contribution in [1.82, 2.24) is 40.0 Å². The molecule has 5 aliphatic rings. The zero-order chi connectivity index (χ0) is 41.1. The van der Waals surface area contributed by atoms with Crippen LogP contribution in [0.5, 0.6) is 0 Å². The van der Waals surface area contributed by atoms with Crippen LogP contribution in [-0.4, -0.2) is 115 Å². The highest BCUT2D eigenvalue weighted by Crippen LogP contribution is 2.54. The van der Waals surface area contributed by atoms with Gasteiger partial charge in [0.1, 0.15) is 29.4 Å². The first-order valence-electron chi connectivity index (χ1n) is 20.7. The summed E-state index contributed by atoms with van der Waals surface area (Å²) in [7, 11) is 2.78. The van der Waals surface area contributed by atoms with Gasteiger partial charge < -0.3 is 39.7 Å². The van der Waals surface area contributed by atoms with E-state index >= 15 is 0 Å². The number of aromatic nitrogens is 4. The van der Waals surface area contributed by atoms with Crippen LogP contribution in [0.25, 0.3) is 22.0 Å². The van der Waals surface area contributed by atoms with Crippen molar-refractivity contribution >= 4 is 34.8 Å². The molecule has 9 rings (SSSR count). The van der Waals surface area contributed by atoms with Crippen molar-refractivity contribution in [2.45, 2.75) is 88.6 Å². The van der Waals surface area contributed by atoms with Gasteiger partial charge in [-0.15, -0.1) is 0 Å². The summed E-state index contributed by atoms with van der Waals surface area (Å²) >= 11 is 0. The van der Waals surface area contributed by atoms with E-state index in [-0.39, 0.29) is 47.8 Å². The van der Waals surface area contributed by atoms with Crippen molar-refractivity contribution in [2.24, 2.45) is 23.7 Å². The van der Waals surface area contributed by atoms with Crippen LogP contribution in [-0.2, 0) is 19.1 Å². The molecule has 3 aliphatic heterocycles. The largest absolute Gasteiger partial charge is 0.465 e. The van der Waals surface area contributed by atoms with Gasteiger partial charge in [0.05, 0.1) is 31.5 Å². The Morgan fingerprint density at radius 2 is 1.59 bits per heavy atom. The number of methoxy groups -OCH3 is 1. The molecule has 308 valence electrons. The number of likely N-dealkylation sites (tertiary alicyclic amines) is 2. The molecule has 4 N–H and O–H groups in total. The normalized spacial score (nSPS) is 26.4. The Labute approximate surface area is 342 Å². The molecule has 0 radical (unpaired) electrons. The van der Waals surface area contributed by atoms with Gasteiger partial charge in [0.25, 0.3) is 0 Å². The van der Waals surface area contributed by atoms with Gasteiger partial charge in [-0.25, -0.2) is 19.6 Å². The molecule has 15 heteroatoms. The molecule has 2 aliphatic carbocycles. The summed E-state index contributed by atoms with van der Waals surface area (Å²) in [6.07, 6.45) is 6.95. The van der Waals surface area contributed by atoms with Crippen LogP contribution < -0.4 is 5.32 Å². The molecule has 5 fully saturated rings. The number of piperidine rings is 2. The Hall–Kier alpha value is -5.88. The molecule has 2 aromatic heterocycles. The average molecular weight is 803 g/mol. The van der Waals surface area contributed by atoms with Crippen LogP contribution in [0.4, 0.5) is 9.59 Å². The Morgan fingerprint density at radius 3 is 2.27 bits per heavy atom. The second-order valence-corrected chi connectivity index (χ2v) is 17.2. The van der Waals surface area contributed by atoms with Gasteiger partial charge in [0.2, 0.25) is 11.8 Å². The lowest BCUT2D eigenvalue weighted by atomic mass is 9.91. The number of ether oxygens (including phenoxy) is 2. The molecule has 2 aromatic carbocycles. The zero-order valence-electron chi connectivity index (χ0n) is 33.7. The predicted molar refractivity (Wildman–Crippen MR) is 216 cm³/mol. The summed E-state index contributed by atoms with van der Waals surface area (Å²) in [6.45, 7) is 4.81. The van der Waals surface area contributed by atoms with Gasteiger partial charge in [-0.05, 0) is 91.2 Å². The second-order valence-electron chi connectivity index (χ2n) is 17.2. The lowest BCUT2D eigenvalue weighted by Crippen LogP contribution is -2.54. The molecular weight excluding hydrogens is 753 g/mol. The summed E-state index contributed by atoms with van der Waals surface area (Å²) in [4.78, 5) is 73.5. The Morgan fingerprint density at radius 1 is 0.915 bits per heavy atom. The monoisotopic (exact) mass is 802 g/mol.